The lowest BCUT2D eigenvalue weighted by Gasteiger charge is -2.23. The molecule has 1 aliphatic rings. The van der Waals surface area contributed by atoms with E-state index in [0.29, 0.717) is 22.5 Å². The van der Waals surface area contributed by atoms with Crippen LogP contribution in [0.25, 0.3) is 21.1 Å². The number of carbonyl (C=O) groups excluding carboxylic acids is 1. The second-order valence-corrected chi connectivity index (χ2v) is 7.13. The molecule has 1 aliphatic heterocycles. The zero-order valence-corrected chi connectivity index (χ0v) is 12.9. The van der Waals surface area contributed by atoms with Crippen molar-refractivity contribution in [2.24, 2.45) is 0 Å². The van der Waals surface area contributed by atoms with Gasteiger partial charge in [0.25, 0.3) is 11.5 Å². The molecule has 0 radical (unpaired) electrons. The molecule has 1 amide bonds. The molecule has 0 saturated heterocycles. The minimum absolute atomic E-state index is 0.0798. The number of nitrogens with zero attached hydrogens (tertiary/aromatic N) is 1. The van der Waals surface area contributed by atoms with Gasteiger partial charge in [0.1, 0.15) is 4.88 Å². The monoisotopic (exact) mass is 314 g/mol. The first-order valence-corrected chi connectivity index (χ1v) is 7.77. The van der Waals surface area contributed by atoms with Crippen LogP contribution in [0, 0.1) is 0 Å². The fourth-order valence-electron chi connectivity index (χ4n) is 2.74. The van der Waals surface area contributed by atoms with E-state index in [9.17, 15) is 9.59 Å². The van der Waals surface area contributed by atoms with Gasteiger partial charge in [-0.2, -0.15) is 0 Å². The third-order valence-corrected chi connectivity index (χ3v) is 4.92. The van der Waals surface area contributed by atoms with Crippen LogP contribution in [-0.4, -0.2) is 28.0 Å². The zero-order chi connectivity index (χ0) is 15.5. The number of nitrogens with one attached hydrogen (secondary N) is 3. The molecular weight excluding hydrogens is 300 g/mol. The predicted octanol–water partition coefficient (Wildman–Crippen LogP) is 2.07. The molecule has 0 bridgehead atoms. The van der Waals surface area contributed by atoms with E-state index in [0.717, 1.165) is 15.8 Å². The van der Waals surface area contributed by atoms with E-state index in [1.165, 1.54) is 17.5 Å². The number of anilines is 1. The van der Waals surface area contributed by atoms with Crippen LogP contribution in [0.2, 0.25) is 0 Å². The Bertz CT molecular complexity index is 986. The molecule has 22 heavy (non-hydrogen) atoms. The van der Waals surface area contributed by atoms with Crippen molar-refractivity contribution in [3.8, 4) is 0 Å². The first-order valence-electron chi connectivity index (χ1n) is 6.95. The van der Waals surface area contributed by atoms with Gasteiger partial charge in [-0.1, -0.05) is 0 Å². The van der Waals surface area contributed by atoms with E-state index < -0.39 is 0 Å². The largest absolute Gasteiger partial charge is 0.381 e. The Morgan fingerprint density at radius 3 is 2.91 bits per heavy atom. The van der Waals surface area contributed by atoms with Gasteiger partial charge in [0.05, 0.1) is 28.5 Å². The highest BCUT2D eigenvalue weighted by molar-refractivity contribution is 7.21. The minimum Gasteiger partial charge on any atom is -0.381 e. The highest BCUT2D eigenvalue weighted by Crippen LogP contribution is 2.40. The summed E-state index contributed by atoms with van der Waals surface area (Å²) < 4.78 is 0.972. The van der Waals surface area contributed by atoms with Gasteiger partial charge in [-0.3, -0.25) is 9.59 Å². The number of aromatic nitrogens is 2. The van der Waals surface area contributed by atoms with E-state index in [-0.39, 0.29) is 17.0 Å². The molecule has 4 rings (SSSR count). The van der Waals surface area contributed by atoms with Gasteiger partial charge in [-0.25, -0.2) is 4.98 Å². The Morgan fingerprint density at radius 1 is 1.27 bits per heavy atom. The van der Waals surface area contributed by atoms with E-state index in [1.807, 2.05) is 26.0 Å². The second-order valence-electron chi connectivity index (χ2n) is 6.08. The Kier molecular flexibility index (Phi) is 2.59. The van der Waals surface area contributed by atoms with Crippen molar-refractivity contribution in [1.29, 1.82) is 0 Å². The third kappa shape index (κ3) is 1.89. The minimum atomic E-state index is -0.325. The number of rotatable bonds is 0. The molecule has 2 aromatic heterocycles. The summed E-state index contributed by atoms with van der Waals surface area (Å²) in [6.45, 7) is 4.58. The van der Waals surface area contributed by atoms with Crippen LogP contribution in [0.4, 0.5) is 5.69 Å². The molecule has 3 heterocycles. The molecule has 0 saturated carbocycles. The van der Waals surface area contributed by atoms with E-state index in [1.54, 1.807) is 0 Å². The summed E-state index contributed by atoms with van der Waals surface area (Å²) >= 11 is 1.43. The lowest BCUT2D eigenvalue weighted by atomic mass is 10.1. The van der Waals surface area contributed by atoms with Crippen molar-refractivity contribution in [3.63, 3.8) is 0 Å². The Morgan fingerprint density at radius 2 is 2.09 bits per heavy atom. The lowest BCUT2D eigenvalue weighted by Crippen LogP contribution is -2.46. The van der Waals surface area contributed by atoms with E-state index >= 15 is 0 Å². The van der Waals surface area contributed by atoms with Crippen molar-refractivity contribution in [2.75, 3.05) is 11.9 Å². The molecule has 7 heteroatoms. The van der Waals surface area contributed by atoms with Gasteiger partial charge < -0.3 is 15.6 Å². The van der Waals surface area contributed by atoms with Gasteiger partial charge in [0.15, 0.2) is 0 Å². The lowest BCUT2D eigenvalue weighted by molar-refractivity contribution is 0.0926. The summed E-state index contributed by atoms with van der Waals surface area (Å²) in [4.78, 5) is 31.6. The Labute approximate surface area is 129 Å². The quantitative estimate of drug-likeness (QED) is 0.593. The average molecular weight is 314 g/mol. The molecule has 0 atom stereocenters. The summed E-state index contributed by atoms with van der Waals surface area (Å²) in [6.07, 6.45) is 1.27. The molecule has 1 aromatic carbocycles. The predicted molar refractivity (Wildman–Crippen MR) is 87.8 cm³/mol. The summed E-state index contributed by atoms with van der Waals surface area (Å²) in [7, 11) is 0. The van der Waals surface area contributed by atoms with Crippen LogP contribution in [0.1, 0.15) is 23.5 Å². The molecule has 6 nitrogen and oxygen atoms in total. The number of amides is 1. The van der Waals surface area contributed by atoms with Crippen LogP contribution in [-0.2, 0) is 0 Å². The van der Waals surface area contributed by atoms with Crippen molar-refractivity contribution in [3.05, 3.63) is 33.6 Å². The Balaban J connectivity index is 2.07. The topological polar surface area (TPSA) is 86.9 Å². The van der Waals surface area contributed by atoms with Crippen LogP contribution in [0.15, 0.2) is 23.1 Å². The van der Waals surface area contributed by atoms with Crippen molar-refractivity contribution in [2.45, 2.75) is 19.4 Å². The fourth-order valence-corrected chi connectivity index (χ4v) is 3.82. The van der Waals surface area contributed by atoms with Crippen LogP contribution in [0.3, 0.4) is 0 Å². The van der Waals surface area contributed by atoms with Gasteiger partial charge >= 0.3 is 0 Å². The van der Waals surface area contributed by atoms with Crippen LogP contribution >= 0.6 is 11.3 Å². The van der Waals surface area contributed by atoms with Crippen molar-refractivity contribution < 1.29 is 4.79 Å². The molecule has 3 aromatic rings. The number of benzene rings is 1. The number of aromatic amines is 1. The Hall–Kier alpha value is -2.41. The second kappa shape index (κ2) is 4.30. The van der Waals surface area contributed by atoms with Crippen molar-refractivity contribution in [1.82, 2.24) is 15.3 Å². The zero-order valence-electron chi connectivity index (χ0n) is 12.1. The molecule has 0 aliphatic carbocycles. The summed E-state index contributed by atoms with van der Waals surface area (Å²) in [6, 6.07) is 3.73. The highest BCUT2D eigenvalue weighted by atomic mass is 32.1. The third-order valence-electron chi connectivity index (χ3n) is 3.76. The first-order chi connectivity index (χ1) is 10.4. The summed E-state index contributed by atoms with van der Waals surface area (Å²) in [5.74, 6) is -0.0798. The van der Waals surface area contributed by atoms with E-state index in [2.05, 4.69) is 20.6 Å². The maximum atomic E-state index is 12.5. The molecule has 3 N–H and O–H groups in total. The maximum absolute atomic E-state index is 12.5. The average Bonchev–Trinajstić information content (AvgIpc) is 2.78. The highest BCUT2D eigenvalue weighted by Gasteiger charge is 2.30. The number of hydrogen-bond acceptors (Lipinski definition) is 5. The smallest absolute Gasteiger partial charge is 0.266 e. The van der Waals surface area contributed by atoms with Gasteiger partial charge in [0.2, 0.25) is 0 Å². The summed E-state index contributed by atoms with van der Waals surface area (Å²) in [5.41, 5.74) is 1.61. The van der Waals surface area contributed by atoms with Gasteiger partial charge in [-0.05, 0) is 26.0 Å². The van der Waals surface area contributed by atoms with E-state index in [4.69, 9.17) is 0 Å². The molecular formula is C15H14N4O2S. The number of carbonyl (C=O) groups is 1. The number of hydrogen-bond donors (Lipinski definition) is 3. The SMILES string of the molecule is CC1(C)CNc2c(sc3ccc4[nH]c(=O)cnc4c23)C(=O)N1. The van der Waals surface area contributed by atoms with Gasteiger partial charge in [-0.15, -0.1) is 11.3 Å². The van der Waals surface area contributed by atoms with Crippen molar-refractivity contribution >= 4 is 44.1 Å². The normalized spacial score (nSPS) is 16.9. The standard InChI is InChI=1S/C15H14N4O2S/c1-15(2)6-17-12-10-8(22-13(12)14(21)19-15)4-3-7-11(10)16-5-9(20)18-7/h3-5,17H,6H2,1-2H3,(H,18,20)(H,19,21). The molecule has 0 spiro atoms. The van der Waals surface area contributed by atoms with Crippen LogP contribution < -0.4 is 16.2 Å². The fraction of sp³-hybridized carbons (Fsp3) is 0.267. The van der Waals surface area contributed by atoms with Crippen LogP contribution in [0.5, 0.6) is 0 Å². The maximum Gasteiger partial charge on any atom is 0.266 e. The number of H-pyrrole nitrogens is 1. The number of fused-ring (bicyclic) bond motifs is 5. The summed E-state index contributed by atoms with van der Waals surface area (Å²) in [5, 5.41) is 7.28. The van der Waals surface area contributed by atoms with Gasteiger partial charge in [0, 0.05) is 16.6 Å². The first kappa shape index (κ1) is 13.3. The number of thiophene rings is 1. The molecule has 112 valence electrons. The molecule has 0 fully saturated rings. The molecule has 0 unspecified atom stereocenters.